The van der Waals surface area contributed by atoms with E-state index in [1.165, 1.54) is 44.9 Å². The summed E-state index contributed by atoms with van der Waals surface area (Å²) in [7, 11) is 0. The van der Waals surface area contributed by atoms with Crippen LogP contribution in [0.4, 0.5) is 0 Å². The fraction of sp³-hybridized carbons (Fsp3) is 0.733. The van der Waals surface area contributed by atoms with Crippen LogP contribution < -0.4 is 0 Å². The molecule has 0 aliphatic carbocycles. The molecule has 0 rings (SSSR count). The first-order chi connectivity index (χ1) is 8.41. The zero-order valence-electron chi connectivity index (χ0n) is 10.9. The molecule has 2 heteroatoms. The molecule has 0 bridgehead atoms. The summed E-state index contributed by atoms with van der Waals surface area (Å²) < 4.78 is 0. The minimum atomic E-state index is 0.166. The van der Waals surface area contributed by atoms with Crippen LogP contribution in [0.25, 0.3) is 0 Å². The molecule has 0 radical (unpaired) electrons. The van der Waals surface area contributed by atoms with Crippen molar-refractivity contribution in [3.8, 4) is 0 Å². The zero-order chi connectivity index (χ0) is 12.6. The van der Waals surface area contributed by atoms with Gasteiger partial charge in [-0.1, -0.05) is 50.7 Å². The number of aliphatic hydroxyl groups excluding tert-OH is 1. The van der Waals surface area contributed by atoms with Gasteiger partial charge in [0.1, 0.15) is 5.94 Å². The Balaban J connectivity index is 2.98. The first-order valence-electron chi connectivity index (χ1n) is 6.87. The quantitative estimate of drug-likeness (QED) is 0.319. The lowest BCUT2D eigenvalue weighted by Gasteiger charge is -2.00. The van der Waals surface area contributed by atoms with E-state index in [0.717, 1.165) is 19.3 Å². The molecule has 0 heterocycles. The first-order valence-corrected chi connectivity index (χ1v) is 6.87. The van der Waals surface area contributed by atoms with Crippen molar-refractivity contribution in [2.45, 2.75) is 64.2 Å². The molecule has 0 aromatic carbocycles. The summed E-state index contributed by atoms with van der Waals surface area (Å²) in [6.07, 6.45) is 17.6. The molecule has 0 saturated carbocycles. The van der Waals surface area contributed by atoms with E-state index >= 15 is 0 Å². The molecule has 0 fully saturated rings. The molecule has 0 amide bonds. The zero-order valence-corrected chi connectivity index (χ0v) is 10.9. The fourth-order valence-electron chi connectivity index (χ4n) is 1.82. The van der Waals surface area contributed by atoms with E-state index in [-0.39, 0.29) is 6.61 Å². The van der Waals surface area contributed by atoms with Crippen molar-refractivity contribution in [3.05, 3.63) is 18.2 Å². The molecule has 0 spiro atoms. The van der Waals surface area contributed by atoms with Crippen molar-refractivity contribution in [3.63, 3.8) is 0 Å². The molecule has 17 heavy (non-hydrogen) atoms. The molecule has 1 N–H and O–H groups in total. The average molecular weight is 238 g/mol. The molecule has 0 aromatic heterocycles. The Kier molecular flexibility index (Phi) is 14.4. The number of carbonyl (C=O) groups excluding carboxylic acids is 1. The average Bonchev–Trinajstić information content (AvgIpc) is 2.35. The van der Waals surface area contributed by atoms with E-state index in [4.69, 9.17) is 5.11 Å². The predicted molar refractivity (Wildman–Crippen MR) is 72.7 cm³/mol. The molecule has 0 aliphatic heterocycles. The monoisotopic (exact) mass is 238 g/mol. The number of allylic oxidation sites excluding steroid dienone is 2. The molecule has 0 unspecified atom stereocenters. The summed E-state index contributed by atoms with van der Waals surface area (Å²) in [5.41, 5.74) is 0. The minimum Gasteiger partial charge on any atom is -0.392 e. The first kappa shape index (κ1) is 16.1. The van der Waals surface area contributed by atoms with Crippen molar-refractivity contribution < 1.29 is 9.90 Å². The van der Waals surface area contributed by atoms with Gasteiger partial charge in [0, 0.05) is 0 Å². The van der Waals surface area contributed by atoms with Gasteiger partial charge in [-0.2, -0.15) is 0 Å². The van der Waals surface area contributed by atoms with Gasteiger partial charge in [-0.3, -0.25) is 0 Å². The molecule has 0 atom stereocenters. The van der Waals surface area contributed by atoms with E-state index in [1.54, 1.807) is 6.08 Å². The van der Waals surface area contributed by atoms with Gasteiger partial charge in [0.2, 0.25) is 0 Å². The van der Waals surface area contributed by atoms with Crippen LogP contribution in [-0.2, 0) is 4.79 Å². The predicted octanol–water partition coefficient (Wildman–Crippen LogP) is 3.82. The molecule has 98 valence electrons. The highest BCUT2D eigenvalue weighted by Crippen LogP contribution is 2.10. The van der Waals surface area contributed by atoms with Crippen molar-refractivity contribution in [2.75, 3.05) is 6.61 Å². The second-order valence-electron chi connectivity index (χ2n) is 4.38. The number of hydrogen-bond donors (Lipinski definition) is 1. The van der Waals surface area contributed by atoms with Crippen LogP contribution in [0.3, 0.4) is 0 Å². The minimum absolute atomic E-state index is 0.166. The van der Waals surface area contributed by atoms with Crippen molar-refractivity contribution in [1.82, 2.24) is 0 Å². The molecular formula is C15H26O2. The Morgan fingerprint density at radius 3 is 1.82 bits per heavy atom. The smallest absolute Gasteiger partial charge is 0.120 e. The van der Waals surface area contributed by atoms with Crippen LogP contribution in [0.5, 0.6) is 0 Å². The van der Waals surface area contributed by atoms with E-state index in [9.17, 15) is 4.79 Å². The normalized spacial score (nSPS) is 10.6. The Morgan fingerprint density at radius 1 is 0.765 bits per heavy atom. The van der Waals surface area contributed by atoms with E-state index in [1.807, 2.05) is 12.0 Å². The standard InChI is InChI=1S/C15H26O2/c16-14-12-10-8-6-4-2-1-3-5-7-9-11-13-15-17/h10,12-13,16H,1-9,11,14H2/b12-10-. The molecule has 0 aromatic rings. The van der Waals surface area contributed by atoms with Gasteiger partial charge >= 0.3 is 0 Å². The summed E-state index contributed by atoms with van der Waals surface area (Å²) in [4.78, 5) is 9.91. The lowest BCUT2D eigenvalue weighted by Crippen LogP contribution is -1.81. The van der Waals surface area contributed by atoms with Gasteiger partial charge in [-0.25, -0.2) is 4.79 Å². The van der Waals surface area contributed by atoms with Crippen molar-refractivity contribution >= 4 is 5.94 Å². The van der Waals surface area contributed by atoms with Crippen LogP contribution in [0, 0.1) is 0 Å². The maximum atomic E-state index is 9.91. The lowest BCUT2D eigenvalue weighted by atomic mass is 10.1. The second-order valence-corrected chi connectivity index (χ2v) is 4.38. The number of aliphatic hydroxyl groups is 1. The highest BCUT2D eigenvalue weighted by molar-refractivity contribution is 5.44. The summed E-state index contributed by atoms with van der Waals surface area (Å²) in [6, 6.07) is 0. The number of hydrogen-bond acceptors (Lipinski definition) is 2. The maximum absolute atomic E-state index is 9.91. The highest BCUT2D eigenvalue weighted by Gasteiger charge is 1.91. The van der Waals surface area contributed by atoms with E-state index in [2.05, 4.69) is 6.08 Å². The van der Waals surface area contributed by atoms with Gasteiger partial charge in [-0.15, -0.1) is 0 Å². The van der Waals surface area contributed by atoms with E-state index < -0.39 is 0 Å². The summed E-state index contributed by atoms with van der Waals surface area (Å²) in [6.45, 7) is 0.166. The Labute approximate surface area is 105 Å². The maximum Gasteiger partial charge on any atom is 0.120 e. The second kappa shape index (κ2) is 15.1. The summed E-state index contributed by atoms with van der Waals surface area (Å²) in [5, 5.41) is 8.53. The fourth-order valence-corrected chi connectivity index (χ4v) is 1.82. The number of rotatable bonds is 12. The summed E-state index contributed by atoms with van der Waals surface area (Å²) in [5.74, 6) is 1.81. The van der Waals surface area contributed by atoms with Crippen LogP contribution in [-0.4, -0.2) is 17.7 Å². The topological polar surface area (TPSA) is 37.3 Å². The van der Waals surface area contributed by atoms with Crippen molar-refractivity contribution in [2.24, 2.45) is 0 Å². The Morgan fingerprint density at radius 2 is 1.29 bits per heavy atom. The molecule has 0 saturated heterocycles. The Hall–Kier alpha value is -0.850. The van der Waals surface area contributed by atoms with Gasteiger partial charge < -0.3 is 5.11 Å². The SMILES string of the molecule is O=C=CCCCCCCCCCC/C=C\CO. The van der Waals surface area contributed by atoms with Crippen LogP contribution in [0.15, 0.2) is 18.2 Å². The van der Waals surface area contributed by atoms with E-state index in [0.29, 0.717) is 0 Å². The third kappa shape index (κ3) is 15.1. The highest BCUT2D eigenvalue weighted by atomic mass is 16.2. The van der Waals surface area contributed by atoms with Crippen molar-refractivity contribution in [1.29, 1.82) is 0 Å². The molecular weight excluding hydrogens is 212 g/mol. The van der Waals surface area contributed by atoms with Gasteiger partial charge in [0.25, 0.3) is 0 Å². The van der Waals surface area contributed by atoms with Gasteiger partial charge in [0.15, 0.2) is 0 Å². The lowest BCUT2D eigenvalue weighted by molar-refractivity contribution is 0.342. The third-order valence-electron chi connectivity index (χ3n) is 2.82. The van der Waals surface area contributed by atoms with Crippen LogP contribution in [0.1, 0.15) is 64.2 Å². The van der Waals surface area contributed by atoms with Gasteiger partial charge in [0.05, 0.1) is 6.61 Å². The Bertz CT molecular complexity index is 215. The summed E-state index contributed by atoms with van der Waals surface area (Å²) >= 11 is 0. The third-order valence-corrected chi connectivity index (χ3v) is 2.82. The molecule has 2 nitrogen and oxygen atoms in total. The van der Waals surface area contributed by atoms with Crippen LogP contribution >= 0.6 is 0 Å². The largest absolute Gasteiger partial charge is 0.392 e. The molecule has 0 aliphatic rings. The number of unbranched alkanes of at least 4 members (excludes halogenated alkanes) is 9. The van der Waals surface area contributed by atoms with Gasteiger partial charge in [-0.05, 0) is 31.8 Å². The van der Waals surface area contributed by atoms with Crippen LogP contribution in [0.2, 0.25) is 0 Å².